The van der Waals surface area contributed by atoms with E-state index in [-0.39, 0.29) is 12.2 Å². The molecule has 2 N–H and O–H groups in total. The third-order valence-corrected chi connectivity index (χ3v) is 1.55. The SMILES string of the molecule is O=c1[nH]cc(Cl)cc1C#CCCO. The van der Waals surface area contributed by atoms with E-state index in [1.54, 1.807) is 0 Å². The first-order valence-corrected chi connectivity index (χ1v) is 4.10. The number of aliphatic hydroxyl groups is 1. The van der Waals surface area contributed by atoms with Crippen LogP contribution in [-0.2, 0) is 0 Å². The van der Waals surface area contributed by atoms with E-state index in [0.717, 1.165) is 0 Å². The molecule has 0 amide bonds. The Morgan fingerprint density at radius 1 is 1.62 bits per heavy atom. The van der Waals surface area contributed by atoms with Crippen LogP contribution < -0.4 is 5.56 Å². The van der Waals surface area contributed by atoms with Crippen molar-refractivity contribution in [2.75, 3.05) is 6.61 Å². The van der Waals surface area contributed by atoms with Gasteiger partial charge in [0, 0.05) is 12.6 Å². The number of H-pyrrole nitrogens is 1. The molecule has 1 aromatic heterocycles. The van der Waals surface area contributed by atoms with Gasteiger partial charge in [0.25, 0.3) is 5.56 Å². The van der Waals surface area contributed by atoms with E-state index in [2.05, 4.69) is 16.8 Å². The van der Waals surface area contributed by atoms with Crippen LogP contribution in [0.4, 0.5) is 0 Å². The Labute approximate surface area is 80.4 Å². The van der Waals surface area contributed by atoms with Gasteiger partial charge in [0.2, 0.25) is 0 Å². The van der Waals surface area contributed by atoms with Gasteiger partial charge in [-0.05, 0) is 6.07 Å². The minimum Gasteiger partial charge on any atom is -0.395 e. The Morgan fingerprint density at radius 2 is 2.38 bits per heavy atom. The van der Waals surface area contributed by atoms with Crippen LogP contribution in [0.2, 0.25) is 5.02 Å². The van der Waals surface area contributed by atoms with E-state index in [9.17, 15) is 4.79 Å². The van der Waals surface area contributed by atoms with Crippen molar-refractivity contribution in [1.82, 2.24) is 4.98 Å². The second kappa shape index (κ2) is 4.70. The first-order valence-electron chi connectivity index (χ1n) is 3.72. The molecule has 0 radical (unpaired) electrons. The van der Waals surface area contributed by atoms with Gasteiger partial charge >= 0.3 is 0 Å². The van der Waals surface area contributed by atoms with E-state index in [0.29, 0.717) is 17.0 Å². The average molecular weight is 198 g/mol. The zero-order chi connectivity index (χ0) is 9.68. The third kappa shape index (κ3) is 2.94. The van der Waals surface area contributed by atoms with E-state index < -0.39 is 0 Å². The number of hydrogen-bond acceptors (Lipinski definition) is 2. The second-order valence-corrected chi connectivity index (χ2v) is 2.77. The van der Waals surface area contributed by atoms with Crippen LogP contribution in [0, 0.1) is 11.8 Å². The molecular formula is C9H8ClNO2. The number of aromatic amines is 1. The molecule has 1 rings (SSSR count). The second-order valence-electron chi connectivity index (χ2n) is 2.34. The zero-order valence-corrected chi connectivity index (χ0v) is 7.56. The summed E-state index contributed by atoms with van der Waals surface area (Å²) in [5.41, 5.74) is 0.0517. The fraction of sp³-hybridized carbons (Fsp3) is 0.222. The predicted octanol–water partition coefficient (Wildman–Crippen LogP) is 0.762. The fourth-order valence-corrected chi connectivity index (χ4v) is 0.927. The molecule has 0 saturated heterocycles. The summed E-state index contributed by atoms with van der Waals surface area (Å²) in [4.78, 5) is 13.5. The number of rotatable bonds is 1. The minimum atomic E-state index is -0.269. The van der Waals surface area contributed by atoms with Crippen LogP contribution in [0.3, 0.4) is 0 Å². The van der Waals surface area contributed by atoms with Gasteiger partial charge in [0.1, 0.15) is 0 Å². The molecule has 0 spiro atoms. The van der Waals surface area contributed by atoms with E-state index in [4.69, 9.17) is 16.7 Å². The zero-order valence-electron chi connectivity index (χ0n) is 6.80. The average Bonchev–Trinajstić information content (AvgIpc) is 2.11. The van der Waals surface area contributed by atoms with Crippen molar-refractivity contribution in [1.29, 1.82) is 0 Å². The molecule has 0 bridgehead atoms. The van der Waals surface area contributed by atoms with Crippen molar-refractivity contribution < 1.29 is 5.11 Å². The molecule has 0 aliphatic rings. The highest BCUT2D eigenvalue weighted by Crippen LogP contribution is 2.03. The van der Waals surface area contributed by atoms with Crippen LogP contribution in [0.15, 0.2) is 17.1 Å². The lowest BCUT2D eigenvalue weighted by molar-refractivity contribution is 0.305. The largest absolute Gasteiger partial charge is 0.395 e. The molecule has 1 aromatic rings. The highest BCUT2D eigenvalue weighted by atomic mass is 35.5. The normalized spacial score (nSPS) is 9.08. The standard InChI is InChI=1S/C9H8ClNO2/c10-8-5-7(3-1-2-4-12)9(13)11-6-8/h5-6,12H,2,4H2,(H,11,13). The fourth-order valence-electron chi connectivity index (χ4n) is 0.764. The van der Waals surface area contributed by atoms with Gasteiger partial charge in [-0.3, -0.25) is 4.79 Å². The molecule has 1 heterocycles. The number of aliphatic hydroxyl groups excluding tert-OH is 1. The summed E-state index contributed by atoms with van der Waals surface area (Å²) in [6.07, 6.45) is 1.76. The maximum atomic E-state index is 11.1. The summed E-state index contributed by atoms with van der Waals surface area (Å²) in [7, 11) is 0. The van der Waals surface area contributed by atoms with Crippen molar-refractivity contribution in [2.24, 2.45) is 0 Å². The Bertz CT molecular complexity index is 400. The van der Waals surface area contributed by atoms with Gasteiger partial charge < -0.3 is 10.1 Å². The van der Waals surface area contributed by atoms with Crippen molar-refractivity contribution in [3.05, 3.63) is 33.2 Å². The summed E-state index contributed by atoms with van der Waals surface area (Å²) in [5, 5.41) is 8.89. The summed E-state index contributed by atoms with van der Waals surface area (Å²) >= 11 is 5.64. The van der Waals surface area contributed by atoms with Gasteiger partial charge in [-0.1, -0.05) is 23.4 Å². The smallest absolute Gasteiger partial charge is 0.263 e. The Balaban J connectivity index is 2.96. The molecule has 13 heavy (non-hydrogen) atoms. The molecule has 3 nitrogen and oxygen atoms in total. The van der Waals surface area contributed by atoms with Crippen molar-refractivity contribution in [3.8, 4) is 11.8 Å². The Morgan fingerprint density at radius 3 is 3.08 bits per heavy atom. The molecular weight excluding hydrogens is 190 g/mol. The van der Waals surface area contributed by atoms with E-state index >= 15 is 0 Å². The maximum absolute atomic E-state index is 11.1. The molecule has 0 unspecified atom stereocenters. The molecule has 0 aromatic carbocycles. The van der Waals surface area contributed by atoms with Crippen molar-refractivity contribution >= 4 is 11.6 Å². The number of pyridine rings is 1. The van der Waals surface area contributed by atoms with Gasteiger partial charge in [0.05, 0.1) is 17.2 Å². The van der Waals surface area contributed by atoms with E-state index in [1.165, 1.54) is 12.3 Å². The van der Waals surface area contributed by atoms with Crippen LogP contribution in [0.5, 0.6) is 0 Å². The summed E-state index contributed by atoms with van der Waals surface area (Å²) in [5.74, 6) is 5.26. The number of nitrogens with one attached hydrogen (secondary N) is 1. The van der Waals surface area contributed by atoms with E-state index in [1.807, 2.05) is 0 Å². The molecule has 0 fully saturated rings. The molecule has 68 valence electrons. The predicted molar refractivity (Wildman–Crippen MR) is 50.7 cm³/mol. The molecule has 0 saturated carbocycles. The summed E-state index contributed by atoms with van der Waals surface area (Å²) < 4.78 is 0. The summed E-state index contributed by atoms with van der Waals surface area (Å²) in [6, 6.07) is 1.49. The minimum absolute atomic E-state index is 0.00846. The first-order chi connectivity index (χ1) is 6.24. The molecule has 0 aliphatic heterocycles. The van der Waals surface area contributed by atoms with Crippen LogP contribution in [0.1, 0.15) is 12.0 Å². The van der Waals surface area contributed by atoms with Gasteiger partial charge in [-0.25, -0.2) is 0 Å². The topological polar surface area (TPSA) is 53.1 Å². The summed E-state index contributed by atoms with van der Waals surface area (Å²) in [6.45, 7) is -0.00846. The lowest BCUT2D eigenvalue weighted by Crippen LogP contribution is -2.08. The Hall–Kier alpha value is -1.24. The molecule has 4 heteroatoms. The highest BCUT2D eigenvalue weighted by molar-refractivity contribution is 6.30. The molecule has 0 aliphatic carbocycles. The van der Waals surface area contributed by atoms with Crippen LogP contribution in [0.25, 0.3) is 0 Å². The maximum Gasteiger partial charge on any atom is 0.263 e. The van der Waals surface area contributed by atoms with Crippen LogP contribution >= 0.6 is 11.6 Å². The highest BCUT2D eigenvalue weighted by Gasteiger charge is 1.95. The Kier molecular flexibility index (Phi) is 3.56. The lowest BCUT2D eigenvalue weighted by atomic mass is 10.3. The monoisotopic (exact) mass is 197 g/mol. The third-order valence-electron chi connectivity index (χ3n) is 1.33. The molecule has 0 atom stereocenters. The van der Waals surface area contributed by atoms with Crippen molar-refractivity contribution in [2.45, 2.75) is 6.42 Å². The number of aromatic nitrogens is 1. The number of hydrogen-bond donors (Lipinski definition) is 2. The lowest BCUT2D eigenvalue weighted by Gasteiger charge is -1.90. The van der Waals surface area contributed by atoms with Gasteiger partial charge in [-0.15, -0.1) is 0 Å². The first kappa shape index (κ1) is 9.85. The van der Waals surface area contributed by atoms with Crippen molar-refractivity contribution in [3.63, 3.8) is 0 Å². The van der Waals surface area contributed by atoms with Crippen LogP contribution in [-0.4, -0.2) is 16.7 Å². The van der Waals surface area contributed by atoms with Gasteiger partial charge in [-0.2, -0.15) is 0 Å². The van der Waals surface area contributed by atoms with Gasteiger partial charge in [0.15, 0.2) is 0 Å². The quantitative estimate of drug-likeness (QED) is 0.654. The number of halogens is 1.